The number of aromatic nitrogens is 2. The minimum Gasteiger partial charge on any atom is -0.335 e. The predicted molar refractivity (Wildman–Crippen MR) is 94.9 cm³/mol. The average molecular weight is 350 g/mol. The van der Waals surface area contributed by atoms with Crippen LogP contribution in [0.3, 0.4) is 0 Å². The van der Waals surface area contributed by atoms with Crippen molar-refractivity contribution in [2.24, 2.45) is 14.1 Å². The molecule has 0 saturated carbocycles. The van der Waals surface area contributed by atoms with Crippen molar-refractivity contribution in [1.82, 2.24) is 18.9 Å². The second kappa shape index (κ2) is 6.52. The smallest absolute Gasteiger partial charge is 0.331 e. The quantitative estimate of drug-likeness (QED) is 0.807. The van der Waals surface area contributed by atoms with Crippen LogP contribution in [-0.2, 0) is 14.1 Å². The molecule has 0 radical (unpaired) electrons. The number of rotatable bonds is 3. The van der Waals surface area contributed by atoms with Gasteiger partial charge in [-0.25, -0.2) is 4.79 Å². The number of hydrogen-bond donors (Lipinski definition) is 0. The second-order valence-electron chi connectivity index (χ2n) is 6.17. The maximum atomic E-state index is 12.7. The average Bonchev–Trinajstić information content (AvgIpc) is 3.04. The van der Waals surface area contributed by atoms with E-state index in [1.54, 1.807) is 13.1 Å². The van der Waals surface area contributed by atoms with Gasteiger partial charge in [0.15, 0.2) is 0 Å². The van der Waals surface area contributed by atoms with Crippen LogP contribution >= 0.6 is 11.3 Å². The Kier molecular flexibility index (Phi) is 4.60. The Morgan fingerprint density at radius 2 is 1.79 bits per heavy atom. The van der Waals surface area contributed by atoms with Crippen molar-refractivity contribution in [2.75, 3.05) is 32.7 Å². The summed E-state index contributed by atoms with van der Waals surface area (Å²) in [7, 11) is 3.08. The van der Waals surface area contributed by atoms with Crippen molar-refractivity contribution in [3.8, 4) is 0 Å². The molecule has 0 aliphatic carbocycles. The largest absolute Gasteiger partial charge is 0.335 e. The number of amides is 1. The van der Waals surface area contributed by atoms with Gasteiger partial charge in [0.1, 0.15) is 4.83 Å². The van der Waals surface area contributed by atoms with Crippen LogP contribution in [0.5, 0.6) is 0 Å². The third-order valence-electron chi connectivity index (χ3n) is 4.54. The van der Waals surface area contributed by atoms with Crippen molar-refractivity contribution < 1.29 is 4.79 Å². The van der Waals surface area contributed by atoms with Gasteiger partial charge in [-0.3, -0.25) is 23.6 Å². The molecular weight excluding hydrogens is 328 g/mol. The van der Waals surface area contributed by atoms with E-state index in [1.165, 1.54) is 23.0 Å². The molecule has 0 bridgehead atoms. The minimum absolute atomic E-state index is 0.0538. The number of carbonyl (C=O) groups excluding carboxylic acids is 1. The molecule has 1 aliphatic heterocycles. The maximum absolute atomic E-state index is 12.7. The molecule has 1 amide bonds. The van der Waals surface area contributed by atoms with Crippen LogP contribution in [-0.4, -0.2) is 57.6 Å². The lowest BCUT2D eigenvalue weighted by molar-refractivity contribution is 0.0642. The van der Waals surface area contributed by atoms with Crippen LogP contribution in [0.15, 0.2) is 15.7 Å². The fourth-order valence-electron chi connectivity index (χ4n) is 3.12. The van der Waals surface area contributed by atoms with Gasteiger partial charge < -0.3 is 4.90 Å². The molecular formula is C16H22N4O3S. The molecule has 2 aromatic heterocycles. The van der Waals surface area contributed by atoms with Gasteiger partial charge >= 0.3 is 5.69 Å². The summed E-state index contributed by atoms with van der Waals surface area (Å²) in [6, 6.07) is 1.63. The Labute approximate surface area is 143 Å². The van der Waals surface area contributed by atoms with Gasteiger partial charge in [0, 0.05) is 40.3 Å². The molecule has 1 saturated heterocycles. The standard InChI is InChI=1S/C16H22N4O3S/c1-4-5-19-6-8-20(9-7-19)14(22)12-10-11-13(21)17(2)16(23)18(3)15(11)24-12/h10H,4-9H2,1-3H3. The Bertz CT molecular complexity index is 887. The summed E-state index contributed by atoms with van der Waals surface area (Å²) in [6.07, 6.45) is 1.11. The zero-order valence-electron chi connectivity index (χ0n) is 14.2. The highest BCUT2D eigenvalue weighted by Crippen LogP contribution is 2.23. The number of hydrogen-bond acceptors (Lipinski definition) is 5. The lowest BCUT2D eigenvalue weighted by Crippen LogP contribution is -2.48. The first-order chi connectivity index (χ1) is 11.4. The third-order valence-corrected chi connectivity index (χ3v) is 5.74. The molecule has 8 heteroatoms. The van der Waals surface area contributed by atoms with Gasteiger partial charge in [0.05, 0.1) is 10.3 Å². The van der Waals surface area contributed by atoms with Crippen LogP contribution in [0, 0.1) is 0 Å². The number of nitrogens with zero attached hydrogens (tertiary/aromatic N) is 4. The third kappa shape index (κ3) is 2.80. The number of aryl methyl sites for hydroxylation is 1. The first kappa shape index (κ1) is 16.9. The topological polar surface area (TPSA) is 67.6 Å². The molecule has 3 heterocycles. The molecule has 0 N–H and O–H groups in total. The van der Waals surface area contributed by atoms with E-state index in [-0.39, 0.29) is 17.2 Å². The van der Waals surface area contributed by atoms with Crippen molar-refractivity contribution in [3.63, 3.8) is 0 Å². The molecule has 3 rings (SSSR count). The molecule has 130 valence electrons. The van der Waals surface area contributed by atoms with Crippen LogP contribution in [0.1, 0.15) is 23.0 Å². The summed E-state index contributed by atoms with van der Waals surface area (Å²) in [5.74, 6) is -0.0538. The molecule has 0 spiro atoms. The van der Waals surface area contributed by atoms with Gasteiger partial charge in [0.2, 0.25) is 0 Å². The summed E-state index contributed by atoms with van der Waals surface area (Å²) in [5.41, 5.74) is -0.724. The summed E-state index contributed by atoms with van der Waals surface area (Å²) in [6.45, 7) is 6.37. The van der Waals surface area contributed by atoms with Crippen molar-refractivity contribution in [1.29, 1.82) is 0 Å². The fourth-order valence-corrected chi connectivity index (χ4v) is 4.19. The van der Waals surface area contributed by atoms with Crippen LogP contribution in [0.25, 0.3) is 10.2 Å². The van der Waals surface area contributed by atoms with Crippen LogP contribution in [0.2, 0.25) is 0 Å². The highest BCUT2D eigenvalue weighted by Gasteiger charge is 2.24. The zero-order valence-corrected chi connectivity index (χ0v) is 15.1. The molecule has 24 heavy (non-hydrogen) atoms. The Balaban J connectivity index is 1.89. The molecule has 1 aliphatic rings. The summed E-state index contributed by atoms with van der Waals surface area (Å²) < 4.78 is 2.50. The highest BCUT2D eigenvalue weighted by molar-refractivity contribution is 7.20. The van der Waals surface area contributed by atoms with Crippen molar-refractivity contribution in [2.45, 2.75) is 13.3 Å². The number of thiophene rings is 1. The number of fused-ring (bicyclic) bond motifs is 1. The van der Waals surface area contributed by atoms with Gasteiger partial charge in [-0.05, 0) is 19.0 Å². The predicted octanol–water partition coefficient (Wildman–Crippen LogP) is 0.466. The first-order valence-electron chi connectivity index (χ1n) is 8.15. The van der Waals surface area contributed by atoms with Gasteiger partial charge in [-0.2, -0.15) is 0 Å². The lowest BCUT2D eigenvalue weighted by Gasteiger charge is -2.34. The van der Waals surface area contributed by atoms with Gasteiger partial charge in [-0.1, -0.05) is 6.92 Å². The van der Waals surface area contributed by atoms with Gasteiger partial charge in [-0.15, -0.1) is 11.3 Å². The minimum atomic E-state index is -0.374. The first-order valence-corrected chi connectivity index (χ1v) is 8.97. The van der Waals surface area contributed by atoms with E-state index >= 15 is 0 Å². The molecule has 2 aromatic rings. The Morgan fingerprint density at radius 3 is 2.42 bits per heavy atom. The maximum Gasteiger partial charge on any atom is 0.331 e. The van der Waals surface area contributed by atoms with Gasteiger partial charge in [0.25, 0.3) is 11.5 Å². The second-order valence-corrected chi connectivity index (χ2v) is 7.20. The molecule has 7 nitrogen and oxygen atoms in total. The van der Waals surface area contributed by atoms with Crippen molar-refractivity contribution >= 4 is 27.5 Å². The SMILES string of the molecule is CCCN1CCN(C(=O)c2cc3c(=O)n(C)c(=O)n(C)c3s2)CC1. The summed E-state index contributed by atoms with van der Waals surface area (Å²) in [5, 5.41) is 0.428. The normalized spacial score (nSPS) is 16.0. The number of carbonyl (C=O) groups is 1. The zero-order chi connectivity index (χ0) is 17.4. The Hall–Kier alpha value is -1.93. The monoisotopic (exact) mass is 350 g/mol. The van der Waals surface area contributed by atoms with Crippen LogP contribution < -0.4 is 11.2 Å². The highest BCUT2D eigenvalue weighted by atomic mass is 32.1. The molecule has 0 aromatic carbocycles. The van der Waals surface area contributed by atoms with Crippen molar-refractivity contribution in [3.05, 3.63) is 31.8 Å². The molecule has 1 fully saturated rings. The van der Waals surface area contributed by atoms with E-state index in [0.29, 0.717) is 28.2 Å². The molecule has 0 unspecified atom stereocenters. The van der Waals surface area contributed by atoms with E-state index in [2.05, 4.69) is 11.8 Å². The van der Waals surface area contributed by atoms with E-state index < -0.39 is 0 Å². The van der Waals surface area contributed by atoms with Crippen LogP contribution in [0.4, 0.5) is 0 Å². The fraction of sp³-hybridized carbons (Fsp3) is 0.562. The number of piperazine rings is 1. The summed E-state index contributed by atoms with van der Waals surface area (Å²) >= 11 is 1.22. The van der Waals surface area contributed by atoms with E-state index in [1.807, 2.05) is 4.90 Å². The van der Waals surface area contributed by atoms with E-state index in [4.69, 9.17) is 0 Å². The Morgan fingerprint density at radius 1 is 1.12 bits per heavy atom. The lowest BCUT2D eigenvalue weighted by atomic mass is 10.2. The van der Waals surface area contributed by atoms with E-state index in [0.717, 1.165) is 30.6 Å². The van der Waals surface area contributed by atoms with E-state index in [9.17, 15) is 14.4 Å². The molecule has 0 atom stereocenters. The summed E-state index contributed by atoms with van der Waals surface area (Å²) in [4.78, 5) is 42.3.